The second-order valence-corrected chi connectivity index (χ2v) is 7.92. The highest BCUT2D eigenvalue weighted by Gasteiger charge is 2.34. The molecule has 0 aromatic heterocycles. The van der Waals surface area contributed by atoms with Crippen molar-refractivity contribution in [2.45, 2.75) is 31.0 Å². The van der Waals surface area contributed by atoms with E-state index in [4.69, 9.17) is 4.74 Å². The number of sulfonamides is 1. The minimum atomic E-state index is -3.50. The molecule has 0 N–H and O–H groups in total. The molecule has 1 aliphatic heterocycles. The molecule has 5 heteroatoms. The van der Waals surface area contributed by atoms with E-state index in [0.29, 0.717) is 18.0 Å². The number of benzene rings is 2. The van der Waals surface area contributed by atoms with Crippen molar-refractivity contribution >= 4 is 10.0 Å². The van der Waals surface area contributed by atoms with E-state index in [1.165, 1.54) is 4.31 Å². The van der Waals surface area contributed by atoms with Crippen LogP contribution in [0, 0.1) is 6.92 Å². The maximum Gasteiger partial charge on any atom is 0.243 e. The van der Waals surface area contributed by atoms with Gasteiger partial charge in [0.1, 0.15) is 0 Å². The van der Waals surface area contributed by atoms with E-state index in [0.717, 1.165) is 11.1 Å². The predicted molar refractivity (Wildman–Crippen MR) is 89.7 cm³/mol. The van der Waals surface area contributed by atoms with Crippen LogP contribution in [0.4, 0.5) is 0 Å². The maximum atomic E-state index is 12.9. The summed E-state index contributed by atoms with van der Waals surface area (Å²) < 4.78 is 33.3. The van der Waals surface area contributed by atoms with Crippen molar-refractivity contribution in [1.29, 1.82) is 0 Å². The van der Waals surface area contributed by atoms with Crippen LogP contribution in [0.25, 0.3) is 0 Å². The molecule has 1 saturated heterocycles. The van der Waals surface area contributed by atoms with E-state index >= 15 is 0 Å². The topological polar surface area (TPSA) is 46.6 Å². The highest BCUT2D eigenvalue weighted by Crippen LogP contribution is 2.29. The summed E-state index contributed by atoms with van der Waals surface area (Å²) in [4.78, 5) is 0.337. The average molecular weight is 331 g/mol. The first kappa shape index (κ1) is 16.2. The Morgan fingerprint density at radius 1 is 1.00 bits per heavy atom. The lowest BCUT2D eigenvalue weighted by atomic mass is 10.1. The van der Waals surface area contributed by atoms with Crippen LogP contribution in [0.15, 0.2) is 59.5 Å². The number of rotatable bonds is 3. The molecule has 2 atom stereocenters. The second kappa shape index (κ2) is 6.43. The Labute approximate surface area is 137 Å². The lowest BCUT2D eigenvalue weighted by Gasteiger charge is -2.36. The zero-order valence-corrected chi connectivity index (χ0v) is 14.2. The number of morpholine rings is 1. The van der Waals surface area contributed by atoms with Crippen LogP contribution in [0.5, 0.6) is 0 Å². The summed E-state index contributed by atoms with van der Waals surface area (Å²) >= 11 is 0. The monoisotopic (exact) mass is 331 g/mol. The molecular weight excluding hydrogens is 310 g/mol. The molecule has 4 nitrogen and oxygen atoms in total. The number of aryl methyl sites for hydroxylation is 1. The van der Waals surface area contributed by atoms with Gasteiger partial charge in [0, 0.05) is 13.1 Å². The molecular formula is C18H21NO3S. The predicted octanol–water partition coefficient (Wildman–Crippen LogP) is 3.15. The molecule has 2 aromatic carbocycles. The van der Waals surface area contributed by atoms with Gasteiger partial charge in [-0.25, -0.2) is 8.42 Å². The number of nitrogens with zero attached hydrogens (tertiary/aromatic N) is 1. The van der Waals surface area contributed by atoms with Gasteiger partial charge in [-0.3, -0.25) is 0 Å². The van der Waals surface area contributed by atoms with Crippen LogP contribution >= 0.6 is 0 Å². The van der Waals surface area contributed by atoms with Crippen LogP contribution in [0.3, 0.4) is 0 Å². The van der Waals surface area contributed by atoms with Gasteiger partial charge in [-0.2, -0.15) is 4.31 Å². The summed E-state index contributed by atoms with van der Waals surface area (Å²) in [6, 6.07) is 16.8. The second-order valence-electron chi connectivity index (χ2n) is 5.98. The van der Waals surface area contributed by atoms with Gasteiger partial charge in [0.15, 0.2) is 0 Å². The van der Waals surface area contributed by atoms with Gasteiger partial charge < -0.3 is 4.74 Å². The minimum Gasteiger partial charge on any atom is -0.368 e. The van der Waals surface area contributed by atoms with Gasteiger partial charge in [-0.05, 0) is 31.5 Å². The molecule has 0 aliphatic carbocycles. The van der Waals surface area contributed by atoms with Crippen molar-refractivity contribution in [3.05, 3.63) is 65.7 Å². The summed E-state index contributed by atoms with van der Waals surface area (Å²) in [5.41, 5.74) is 2.05. The zero-order valence-electron chi connectivity index (χ0n) is 13.3. The van der Waals surface area contributed by atoms with Crippen LogP contribution < -0.4 is 0 Å². The van der Waals surface area contributed by atoms with Crippen molar-refractivity contribution in [2.24, 2.45) is 0 Å². The van der Waals surface area contributed by atoms with Crippen LogP contribution in [0.2, 0.25) is 0 Å². The Bertz CT molecular complexity index is 757. The molecule has 1 fully saturated rings. The van der Waals surface area contributed by atoms with E-state index in [1.807, 2.05) is 56.3 Å². The first-order valence-electron chi connectivity index (χ1n) is 7.74. The average Bonchev–Trinajstić information content (AvgIpc) is 2.55. The van der Waals surface area contributed by atoms with Crippen molar-refractivity contribution < 1.29 is 13.2 Å². The Kier molecular flexibility index (Phi) is 4.53. The Balaban J connectivity index is 1.88. The van der Waals surface area contributed by atoms with E-state index in [-0.39, 0.29) is 12.2 Å². The molecule has 2 aromatic rings. The van der Waals surface area contributed by atoms with E-state index in [2.05, 4.69) is 0 Å². The SMILES string of the molecule is Cc1ccc(S(=O)(=O)N2C[C@H](C)O[C@@H](c3ccccc3)C2)cc1. The van der Waals surface area contributed by atoms with Gasteiger partial charge in [-0.1, -0.05) is 48.0 Å². The summed E-state index contributed by atoms with van der Waals surface area (Å²) in [5, 5.41) is 0. The minimum absolute atomic E-state index is 0.144. The molecule has 0 radical (unpaired) electrons. The maximum absolute atomic E-state index is 12.9. The highest BCUT2D eigenvalue weighted by atomic mass is 32.2. The molecule has 0 bridgehead atoms. The van der Waals surface area contributed by atoms with Crippen molar-refractivity contribution in [2.75, 3.05) is 13.1 Å². The molecule has 1 heterocycles. The molecule has 122 valence electrons. The van der Waals surface area contributed by atoms with Gasteiger partial charge in [-0.15, -0.1) is 0 Å². The largest absolute Gasteiger partial charge is 0.368 e. The quantitative estimate of drug-likeness (QED) is 0.868. The fourth-order valence-corrected chi connectivity index (χ4v) is 4.34. The van der Waals surface area contributed by atoms with E-state index < -0.39 is 10.0 Å². The lowest BCUT2D eigenvalue weighted by Crippen LogP contribution is -2.45. The van der Waals surface area contributed by atoms with Gasteiger partial charge >= 0.3 is 0 Å². The van der Waals surface area contributed by atoms with Crippen LogP contribution in [-0.4, -0.2) is 31.9 Å². The summed E-state index contributed by atoms with van der Waals surface area (Å²) in [6.07, 6.45) is -0.380. The Morgan fingerprint density at radius 2 is 1.65 bits per heavy atom. The zero-order chi connectivity index (χ0) is 16.4. The fourth-order valence-electron chi connectivity index (χ4n) is 2.82. The van der Waals surface area contributed by atoms with Crippen LogP contribution in [-0.2, 0) is 14.8 Å². The number of hydrogen-bond donors (Lipinski definition) is 0. The summed E-state index contributed by atoms with van der Waals surface area (Å²) in [6.45, 7) is 4.56. The van der Waals surface area contributed by atoms with Crippen LogP contribution in [0.1, 0.15) is 24.2 Å². The number of hydrogen-bond acceptors (Lipinski definition) is 3. The van der Waals surface area contributed by atoms with Crippen molar-refractivity contribution in [3.8, 4) is 0 Å². The van der Waals surface area contributed by atoms with Gasteiger partial charge in [0.25, 0.3) is 0 Å². The van der Waals surface area contributed by atoms with E-state index in [1.54, 1.807) is 12.1 Å². The normalized spacial score (nSPS) is 22.9. The van der Waals surface area contributed by atoms with Crippen molar-refractivity contribution in [3.63, 3.8) is 0 Å². The molecule has 23 heavy (non-hydrogen) atoms. The third-order valence-electron chi connectivity index (χ3n) is 4.06. The summed E-state index contributed by atoms with van der Waals surface area (Å²) in [5.74, 6) is 0. The molecule has 0 amide bonds. The Morgan fingerprint density at radius 3 is 2.30 bits per heavy atom. The molecule has 0 saturated carbocycles. The molecule has 0 unspecified atom stereocenters. The van der Waals surface area contributed by atoms with Gasteiger partial charge in [0.2, 0.25) is 10.0 Å². The smallest absolute Gasteiger partial charge is 0.243 e. The first-order valence-corrected chi connectivity index (χ1v) is 9.18. The standard InChI is InChI=1S/C18H21NO3S/c1-14-8-10-17(11-9-14)23(20,21)19-12-15(2)22-18(13-19)16-6-4-3-5-7-16/h3-11,15,18H,12-13H2,1-2H3/t15-,18+/m0/s1. The third kappa shape index (κ3) is 3.47. The van der Waals surface area contributed by atoms with Crippen molar-refractivity contribution in [1.82, 2.24) is 4.31 Å². The molecule has 1 aliphatic rings. The highest BCUT2D eigenvalue weighted by molar-refractivity contribution is 7.89. The summed E-state index contributed by atoms with van der Waals surface area (Å²) in [7, 11) is -3.50. The lowest BCUT2D eigenvalue weighted by molar-refractivity contribution is -0.0557. The molecule has 3 rings (SSSR count). The van der Waals surface area contributed by atoms with E-state index in [9.17, 15) is 8.42 Å². The third-order valence-corrected chi connectivity index (χ3v) is 5.90. The van der Waals surface area contributed by atoms with Gasteiger partial charge in [0.05, 0.1) is 17.1 Å². The molecule has 0 spiro atoms. The first-order chi connectivity index (χ1) is 11.0. The Hall–Kier alpha value is -1.69. The number of ether oxygens (including phenoxy) is 1. The fraction of sp³-hybridized carbons (Fsp3) is 0.333.